The maximum Gasteiger partial charge on any atom is 0.220 e. The fourth-order valence-electron chi connectivity index (χ4n) is 2.99. The van der Waals surface area contributed by atoms with Crippen LogP contribution in [0, 0.1) is 11.7 Å². The number of ether oxygens (including phenoxy) is 1. The Balaban J connectivity index is 1.46. The number of amides is 1. The van der Waals surface area contributed by atoms with Gasteiger partial charge in [0.05, 0.1) is 6.10 Å². The topological polar surface area (TPSA) is 38.3 Å². The minimum atomic E-state index is -0.233. The van der Waals surface area contributed by atoms with E-state index >= 15 is 0 Å². The van der Waals surface area contributed by atoms with Gasteiger partial charge in [0.15, 0.2) is 0 Å². The summed E-state index contributed by atoms with van der Waals surface area (Å²) >= 11 is 0. The van der Waals surface area contributed by atoms with Gasteiger partial charge in [-0.25, -0.2) is 4.39 Å². The molecule has 2 aliphatic rings. The van der Waals surface area contributed by atoms with Gasteiger partial charge in [0, 0.05) is 25.0 Å². The number of fused-ring (bicyclic) bond motifs is 1. The molecule has 3 rings (SSSR count). The first-order chi connectivity index (χ1) is 9.24. The van der Waals surface area contributed by atoms with Crippen molar-refractivity contribution in [2.45, 2.75) is 37.8 Å². The summed E-state index contributed by atoms with van der Waals surface area (Å²) in [7, 11) is 0. The van der Waals surface area contributed by atoms with E-state index in [0.717, 1.165) is 19.4 Å². The van der Waals surface area contributed by atoms with Gasteiger partial charge in [0.1, 0.15) is 5.82 Å². The lowest BCUT2D eigenvalue weighted by molar-refractivity contribution is -0.124. The van der Waals surface area contributed by atoms with Crippen molar-refractivity contribution in [1.82, 2.24) is 5.32 Å². The maximum atomic E-state index is 13.4. The Morgan fingerprint density at radius 1 is 1.42 bits per heavy atom. The van der Waals surface area contributed by atoms with Crippen LogP contribution in [0.25, 0.3) is 0 Å². The van der Waals surface area contributed by atoms with E-state index in [1.165, 1.54) is 6.07 Å². The number of aryl methyl sites for hydroxylation is 1. The Morgan fingerprint density at radius 2 is 2.26 bits per heavy atom. The minimum absolute atomic E-state index is 0.0126. The van der Waals surface area contributed by atoms with Gasteiger partial charge in [0.25, 0.3) is 0 Å². The normalized spacial score (nSPS) is 28.6. The molecule has 0 bridgehead atoms. The molecule has 1 heterocycles. The molecule has 3 atom stereocenters. The van der Waals surface area contributed by atoms with Crippen molar-refractivity contribution in [2.75, 3.05) is 6.61 Å². The smallest absolute Gasteiger partial charge is 0.220 e. The van der Waals surface area contributed by atoms with E-state index in [1.54, 1.807) is 18.2 Å². The van der Waals surface area contributed by atoms with Crippen LogP contribution in [-0.2, 0) is 16.0 Å². The molecule has 1 aliphatic carbocycles. The van der Waals surface area contributed by atoms with Crippen molar-refractivity contribution < 1.29 is 13.9 Å². The molecule has 1 aromatic rings. The summed E-state index contributed by atoms with van der Waals surface area (Å²) in [6, 6.07) is 6.88. The van der Waals surface area contributed by atoms with Gasteiger partial charge in [-0.2, -0.15) is 0 Å². The van der Waals surface area contributed by atoms with Gasteiger partial charge < -0.3 is 10.1 Å². The highest BCUT2D eigenvalue weighted by Gasteiger charge is 2.45. The Hall–Kier alpha value is -1.42. The molecule has 0 unspecified atom stereocenters. The van der Waals surface area contributed by atoms with Gasteiger partial charge in [-0.15, -0.1) is 0 Å². The molecular weight excluding hydrogens is 245 g/mol. The molecule has 1 amide bonds. The predicted octanol–water partition coefficient (Wildman–Crippen LogP) is 2.05. The third kappa shape index (κ3) is 2.63. The van der Waals surface area contributed by atoms with E-state index in [2.05, 4.69) is 5.32 Å². The minimum Gasteiger partial charge on any atom is -0.378 e. The molecule has 19 heavy (non-hydrogen) atoms. The molecule has 4 heteroatoms. The van der Waals surface area contributed by atoms with Crippen LogP contribution in [0.3, 0.4) is 0 Å². The summed E-state index contributed by atoms with van der Waals surface area (Å²) in [5.74, 6) is 0.277. The highest BCUT2D eigenvalue weighted by atomic mass is 19.1. The first-order valence-corrected chi connectivity index (χ1v) is 6.88. The molecular formula is C15H18FNO2. The summed E-state index contributed by atoms with van der Waals surface area (Å²) in [5, 5.41) is 3.04. The van der Waals surface area contributed by atoms with Crippen LogP contribution < -0.4 is 5.32 Å². The van der Waals surface area contributed by atoms with Crippen molar-refractivity contribution in [3.05, 3.63) is 35.6 Å². The Kier molecular flexibility index (Phi) is 3.51. The Labute approximate surface area is 112 Å². The zero-order valence-electron chi connectivity index (χ0n) is 10.8. The van der Waals surface area contributed by atoms with E-state index in [1.807, 2.05) is 0 Å². The van der Waals surface area contributed by atoms with Gasteiger partial charge >= 0.3 is 0 Å². The van der Waals surface area contributed by atoms with E-state index in [4.69, 9.17) is 4.74 Å². The van der Waals surface area contributed by atoms with Crippen molar-refractivity contribution in [3.8, 4) is 0 Å². The molecule has 1 aliphatic heterocycles. The molecule has 0 radical (unpaired) electrons. The molecule has 1 saturated heterocycles. The van der Waals surface area contributed by atoms with Crippen molar-refractivity contribution >= 4 is 5.91 Å². The molecule has 1 N–H and O–H groups in total. The van der Waals surface area contributed by atoms with Crippen LogP contribution in [-0.4, -0.2) is 24.7 Å². The van der Waals surface area contributed by atoms with Crippen LogP contribution in [0.4, 0.5) is 4.39 Å². The lowest BCUT2D eigenvalue weighted by Gasteiger charge is -2.39. The number of hydrogen-bond acceptors (Lipinski definition) is 2. The molecule has 0 aromatic heterocycles. The summed E-state index contributed by atoms with van der Waals surface area (Å²) in [6.45, 7) is 0.816. The summed E-state index contributed by atoms with van der Waals surface area (Å²) in [6.07, 6.45) is 3.13. The second-order valence-corrected chi connectivity index (χ2v) is 5.36. The van der Waals surface area contributed by atoms with Crippen LogP contribution >= 0.6 is 0 Å². The summed E-state index contributed by atoms with van der Waals surface area (Å²) in [4.78, 5) is 11.8. The zero-order chi connectivity index (χ0) is 13.2. The van der Waals surface area contributed by atoms with Gasteiger partial charge in [-0.05, 0) is 30.9 Å². The molecule has 2 fully saturated rings. The lowest BCUT2D eigenvalue weighted by Crippen LogP contribution is -2.53. The van der Waals surface area contributed by atoms with Gasteiger partial charge in [0.2, 0.25) is 5.91 Å². The summed E-state index contributed by atoms with van der Waals surface area (Å²) in [5.41, 5.74) is 0.605. The number of hydrogen-bond donors (Lipinski definition) is 1. The van der Waals surface area contributed by atoms with Crippen LogP contribution in [0.15, 0.2) is 24.3 Å². The predicted molar refractivity (Wildman–Crippen MR) is 69.1 cm³/mol. The van der Waals surface area contributed by atoms with Crippen molar-refractivity contribution in [3.63, 3.8) is 0 Å². The quantitative estimate of drug-likeness (QED) is 0.903. The first kappa shape index (κ1) is 12.6. The molecule has 1 aromatic carbocycles. The van der Waals surface area contributed by atoms with Crippen molar-refractivity contribution in [1.29, 1.82) is 0 Å². The van der Waals surface area contributed by atoms with E-state index < -0.39 is 0 Å². The van der Waals surface area contributed by atoms with E-state index in [0.29, 0.717) is 30.4 Å². The second kappa shape index (κ2) is 5.29. The number of halogens is 1. The van der Waals surface area contributed by atoms with Gasteiger partial charge in [-0.3, -0.25) is 4.79 Å². The fourth-order valence-corrected chi connectivity index (χ4v) is 2.99. The average Bonchev–Trinajstić information content (AvgIpc) is 2.76. The van der Waals surface area contributed by atoms with Crippen LogP contribution in [0.5, 0.6) is 0 Å². The first-order valence-electron chi connectivity index (χ1n) is 6.88. The highest BCUT2D eigenvalue weighted by Crippen LogP contribution is 2.38. The largest absolute Gasteiger partial charge is 0.378 e. The monoisotopic (exact) mass is 263 g/mol. The Bertz CT molecular complexity index is 477. The SMILES string of the molecule is O=C(CCc1ccccc1F)N[C@H]1C[C@@H]2OCC[C@H]12. The molecule has 1 saturated carbocycles. The summed E-state index contributed by atoms with van der Waals surface area (Å²) < 4.78 is 18.9. The maximum absolute atomic E-state index is 13.4. The lowest BCUT2D eigenvalue weighted by atomic mass is 9.76. The number of nitrogens with one attached hydrogen (secondary N) is 1. The van der Waals surface area contributed by atoms with Crippen molar-refractivity contribution in [2.24, 2.45) is 5.92 Å². The third-order valence-electron chi connectivity index (χ3n) is 4.19. The Morgan fingerprint density at radius 3 is 3.05 bits per heavy atom. The van der Waals surface area contributed by atoms with Crippen LogP contribution in [0.1, 0.15) is 24.8 Å². The second-order valence-electron chi connectivity index (χ2n) is 5.36. The molecule has 0 spiro atoms. The van der Waals surface area contributed by atoms with E-state index in [-0.39, 0.29) is 17.8 Å². The molecule has 102 valence electrons. The standard InChI is InChI=1S/C15H18FNO2/c16-12-4-2-1-3-10(12)5-6-15(18)17-13-9-14-11(13)7-8-19-14/h1-4,11,13-14H,5-9H2,(H,17,18)/t11-,13+,14+/m1/s1. The average molecular weight is 263 g/mol. The highest BCUT2D eigenvalue weighted by molar-refractivity contribution is 5.76. The number of carbonyl (C=O) groups excluding carboxylic acids is 1. The molecule has 3 nitrogen and oxygen atoms in total. The number of benzene rings is 1. The van der Waals surface area contributed by atoms with Gasteiger partial charge in [-0.1, -0.05) is 18.2 Å². The fraction of sp³-hybridized carbons (Fsp3) is 0.533. The number of rotatable bonds is 4. The third-order valence-corrected chi connectivity index (χ3v) is 4.19. The zero-order valence-corrected chi connectivity index (χ0v) is 10.8. The van der Waals surface area contributed by atoms with Crippen LogP contribution in [0.2, 0.25) is 0 Å². The van der Waals surface area contributed by atoms with E-state index in [9.17, 15) is 9.18 Å². The number of carbonyl (C=O) groups is 1.